The number of nitrogens with zero attached hydrogens (tertiary/aromatic N) is 6. The minimum Gasteiger partial charge on any atom is -0.371 e. The summed E-state index contributed by atoms with van der Waals surface area (Å²) in [5, 5.41) is 4.00. The molecule has 0 saturated carbocycles. The number of Topliss-reactive ketones (excluding diaryl/α,β-unsaturated/α-hetero) is 1. The number of nitrogens with one attached hydrogen (secondary N) is 1. The van der Waals surface area contributed by atoms with Crippen LogP contribution in [0.1, 0.15) is 40.7 Å². The maximum atomic E-state index is 14.4. The minimum absolute atomic E-state index is 0.107. The Balaban J connectivity index is 1.29. The van der Waals surface area contributed by atoms with E-state index in [1.807, 2.05) is 84.6 Å². The standard InChI is InChI=1S/C36H37N7O2/c1-40-19-17-25(18-20-40)24-13-15-27(16-14-24)38-36-37-22-26-21-31(42(3)28-9-5-4-6-10-28)35(45)43(34(26)39-36)32-23-41(2)30-12-8-7-11-29(30)33(32)44/h4-16,21-22,25,32H,17-20,23H2,1-3H3,(H,37,38,39). The van der Waals surface area contributed by atoms with Crippen LogP contribution >= 0.6 is 0 Å². The second kappa shape index (κ2) is 11.8. The molecule has 5 aromatic rings. The highest BCUT2D eigenvalue weighted by atomic mass is 16.1. The molecule has 228 valence electrons. The van der Waals surface area contributed by atoms with Crippen molar-refractivity contribution in [2.75, 3.05) is 55.9 Å². The average Bonchev–Trinajstić information content (AvgIpc) is 3.07. The van der Waals surface area contributed by atoms with Crippen molar-refractivity contribution in [1.82, 2.24) is 19.4 Å². The maximum Gasteiger partial charge on any atom is 0.276 e. The van der Waals surface area contributed by atoms with Crippen LogP contribution in [0.5, 0.6) is 0 Å². The van der Waals surface area contributed by atoms with E-state index >= 15 is 0 Å². The quantitative estimate of drug-likeness (QED) is 0.255. The summed E-state index contributed by atoms with van der Waals surface area (Å²) >= 11 is 0. The van der Waals surface area contributed by atoms with Gasteiger partial charge in [-0.25, -0.2) is 4.98 Å². The Hall–Kier alpha value is -5.02. The second-order valence-corrected chi connectivity index (χ2v) is 12.2. The van der Waals surface area contributed by atoms with E-state index in [1.54, 1.807) is 10.8 Å². The highest BCUT2D eigenvalue weighted by Gasteiger charge is 2.34. The molecule has 1 fully saturated rings. The molecule has 1 saturated heterocycles. The van der Waals surface area contributed by atoms with Gasteiger partial charge in [0.1, 0.15) is 17.4 Å². The number of piperidine rings is 1. The van der Waals surface area contributed by atoms with Gasteiger partial charge in [-0.3, -0.25) is 14.2 Å². The molecule has 0 bridgehead atoms. The van der Waals surface area contributed by atoms with Gasteiger partial charge in [-0.1, -0.05) is 42.5 Å². The Morgan fingerprint density at radius 1 is 0.889 bits per heavy atom. The first kappa shape index (κ1) is 28.7. The molecule has 2 aromatic heterocycles. The van der Waals surface area contributed by atoms with Gasteiger partial charge in [0.2, 0.25) is 5.95 Å². The van der Waals surface area contributed by atoms with Crippen LogP contribution in [0.2, 0.25) is 0 Å². The first-order chi connectivity index (χ1) is 21.9. The van der Waals surface area contributed by atoms with E-state index in [1.165, 1.54) is 5.56 Å². The predicted molar refractivity (Wildman–Crippen MR) is 181 cm³/mol. The van der Waals surface area contributed by atoms with Crippen molar-refractivity contribution in [3.05, 3.63) is 113 Å². The normalized spacial score (nSPS) is 17.4. The number of ketones is 1. The Kier molecular flexibility index (Phi) is 7.55. The topological polar surface area (TPSA) is 86.6 Å². The number of pyridine rings is 1. The summed E-state index contributed by atoms with van der Waals surface area (Å²) in [6.07, 6.45) is 4.05. The Morgan fingerprint density at radius 2 is 1.60 bits per heavy atom. The van der Waals surface area contributed by atoms with Crippen molar-refractivity contribution in [2.24, 2.45) is 0 Å². The molecule has 7 rings (SSSR count). The van der Waals surface area contributed by atoms with Gasteiger partial charge in [0.05, 0.1) is 0 Å². The number of likely N-dealkylation sites (N-methyl/N-ethyl adjacent to an activating group) is 1. The summed E-state index contributed by atoms with van der Waals surface area (Å²) in [6.45, 7) is 2.57. The van der Waals surface area contributed by atoms with E-state index in [4.69, 9.17) is 4.98 Å². The molecule has 1 atom stereocenters. The van der Waals surface area contributed by atoms with E-state index in [0.717, 1.165) is 43.0 Å². The number of carbonyl (C=O) groups is 1. The summed E-state index contributed by atoms with van der Waals surface area (Å²) in [5.74, 6) is 0.828. The van der Waals surface area contributed by atoms with Crippen LogP contribution < -0.4 is 20.7 Å². The van der Waals surface area contributed by atoms with Crippen LogP contribution in [-0.2, 0) is 0 Å². The summed E-state index contributed by atoms with van der Waals surface area (Å²) < 4.78 is 1.56. The fraction of sp³-hybridized carbons (Fsp3) is 0.278. The Morgan fingerprint density at radius 3 is 2.36 bits per heavy atom. The van der Waals surface area contributed by atoms with Crippen molar-refractivity contribution in [1.29, 1.82) is 0 Å². The maximum absolute atomic E-state index is 14.4. The molecule has 9 heteroatoms. The number of anilines is 5. The molecule has 1 N–H and O–H groups in total. The number of fused-ring (bicyclic) bond motifs is 2. The molecule has 2 aliphatic heterocycles. The highest BCUT2D eigenvalue weighted by molar-refractivity contribution is 6.06. The lowest BCUT2D eigenvalue weighted by molar-refractivity contribution is 0.0922. The third-order valence-electron chi connectivity index (χ3n) is 9.26. The van der Waals surface area contributed by atoms with E-state index < -0.39 is 6.04 Å². The van der Waals surface area contributed by atoms with Crippen molar-refractivity contribution >= 4 is 45.5 Å². The lowest BCUT2D eigenvalue weighted by Gasteiger charge is -2.34. The first-order valence-corrected chi connectivity index (χ1v) is 15.5. The third-order valence-corrected chi connectivity index (χ3v) is 9.26. The number of para-hydroxylation sites is 2. The summed E-state index contributed by atoms with van der Waals surface area (Å²) in [7, 11) is 5.98. The van der Waals surface area contributed by atoms with Crippen molar-refractivity contribution < 1.29 is 4.79 Å². The van der Waals surface area contributed by atoms with E-state index in [-0.39, 0.29) is 11.3 Å². The minimum atomic E-state index is -0.763. The largest absolute Gasteiger partial charge is 0.371 e. The van der Waals surface area contributed by atoms with Crippen molar-refractivity contribution in [3.8, 4) is 0 Å². The second-order valence-electron chi connectivity index (χ2n) is 12.2. The fourth-order valence-electron chi connectivity index (χ4n) is 6.63. The van der Waals surface area contributed by atoms with Crippen LogP contribution in [0.15, 0.2) is 95.9 Å². The van der Waals surface area contributed by atoms with E-state index in [9.17, 15) is 9.59 Å². The molecule has 4 heterocycles. The first-order valence-electron chi connectivity index (χ1n) is 15.5. The average molecular weight is 600 g/mol. The number of likely N-dealkylation sites (tertiary alicyclic amines) is 1. The van der Waals surface area contributed by atoms with Crippen LogP contribution in [0.4, 0.5) is 28.7 Å². The van der Waals surface area contributed by atoms with Gasteiger partial charge in [0.25, 0.3) is 5.56 Å². The van der Waals surface area contributed by atoms with Crippen LogP contribution in [0.3, 0.4) is 0 Å². The smallest absolute Gasteiger partial charge is 0.276 e. The monoisotopic (exact) mass is 599 g/mol. The number of rotatable bonds is 6. The number of hydrogen-bond acceptors (Lipinski definition) is 8. The zero-order valence-electron chi connectivity index (χ0n) is 25.9. The van der Waals surface area contributed by atoms with Gasteiger partial charge in [-0.2, -0.15) is 4.98 Å². The SMILES string of the molecule is CN1CCC(c2ccc(Nc3ncc4cc(N(C)c5ccccc5)c(=O)n(C5CN(C)c6ccccc6C5=O)c4n3)cc2)CC1. The third kappa shape index (κ3) is 5.44. The molecule has 45 heavy (non-hydrogen) atoms. The molecule has 3 aromatic carbocycles. The predicted octanol–water partition coefficient (Wildman–Crippen LogP) is 5.99. The van der Waals surface area contributed by atoms with Crippen molar-refractivity contribution in [2.45, 2.75) is 24.8 Å². The molecular weight excluding hydrogens is 562 g/mol. The zero-order chi connectivity index (χ0) is 31.1. The van der Waals surface area contributed by atoms with Crippen molar-refractivity contribution in [3.63, 3.8) is 0 Å². The summed E-state index contributed by atoms with van der Waals surface area (Å²) in [5.41, 5.74) is 5.09. The summed E-state index contributed by atoms with van der Waals surface area (Å²) in [6, 6.07) is 26.8. The lowest BCUT2D eigenvalue weighted by atomic mass is 9.89. The zero-order valence-corrected chi connectivity index (χ0v) is 25.9. The van der Waals surface area contributed by atoms with Gasteiger partial charge in [0.15, 0.2) is 5.78 Å². The molecule has 1 unspecified atom stereocenters. The molecule has 2 aliphatic rings. The number of aromatic nitrogens is 3. The number of hydrogen-bond donors (Lipinski definition) is 1. The molecule has 0 amide bonds. The molecule has 9 nitrogen and oxygen atoms in total. The highest BCUT2D eigenvalue weighted by Crippen LogP contribution is 2.33. The molecule has 0 spiro atoms. The number of carbonyl (C=O) groups excluding carboxylic acids is 1. The lowest BCUT2D eigenvalue weighted by Crippen LogP contribution is -2.43. The van der Waals surface area contributed by atoms with Gasteiger partial charge in [0, 0.05) is 54.8 Å². The number of benzene rings is 3. The van der Waals surface area contributed by atoms with Crippen LogP contribution in [-0.4, -0.2) is 66.0 Å². The molecule has 0 aliphatic carbocycles. The van der Waals surface area contributed by atoms with E-state index in [2.05, 4.69) is 46.5 Å². The van der Waals surface area contributed by atoms with Gasteiger partial charge in [-0.15, -0.1) is 0 Å². The molecule has 0 radical (unpaired) electrons. The van der Waals surface area contributed by atoms with Crippen LogP contribution in [0, 0.1) is 0 Å². The fourth-order valence-corrected chi connectivity index (χ4v) is 6.63. The van der Waals surface area contributed by atoms with Crippen LogP contribution in [0.25, 0.3) is 11.0 Å². The van der Waals surface area contributed by atoms with Gasteiger partial charge in [-0.05, 0) is 86.9 Å². The van der Waals surface area contributed by atoms with E-state index in [0.29, 0.717) is 40.7 Å². The van der Waals surface area contributed by atoms with Gasteiger partial charge < -0.3 is 20.0 Å². The summed E-state index contributed by atoms with van der Waals surface area (Å²) in [4.78, 5) is 44.2. The molecular formula is C36H37N7O2. The Bertz CT molecular complexity index is 1910. The Labute approximate surface area is 262 Å². The van der Waals surface area contributed by atoms with Gasteiger partial charge >= 0.3 is 0 Å².